The molecule has 0 aliphatic carbocycles. The van der Waals surface area contributed by atoms with E-state index in [0.717, 1.165) is 12.8 Å². The van der Waals surface area contributed by atoms with Gasteiger partial charge in [0.05, 0.1) is 6.61 Å². The smallest absolute Gasteiger partial charge is 0.294 e. The van der Waals surface area contributed by atoms with Crippen LogP contribution in [0.1, 0.15) is 19.8 Å². The van der Waals surface area contributed by atoms with Crippen molar-refractivity contribution in [3.8, 4) is 0 Å². The van der Waals surface area contributed by atoms with Crippen molar-refractivity contribution in [2.24, 2.45) is 0 Å². The third kappa shape index (κ3) is 18.0. The van der Waals surface area contributed by atoms with Crippen molar-refractivity contribution in [3.05, 3.63) is 0 Å². The molecule has 0 atom stereocenters. The van der Waals surface area contributed by atoms with E-state index in [9.17, 15) is 4.57 Å². The van der Waals surface area contributed by atoms with Crippen LogP contribution in [-0.2, 0) is 9.09 Å². The molecule has 6 radical (unpaired) electrons. The fraction of sp³-hybridized carbons (Fsp3) is 1.00. The third-order valence-electron chi connectivity index (χ3n) is 0.642. The highest BCUT2D eigenvalue weighted by Crippen LogP contribution is 1.96. The van der Waals surface area contributed by atoms with Gasteiger partial charge in [0, 0.05) is 12.3 Å². The van der Waals surface area contributed by atoms with Crippen LogP contribution in [0.2, 0.25) is 0 Å². The zero-order valence-electron chi connectivity index (χ0n) is 5.28. The van der Waals surface area contributed by atoms with Gasteiger partial charge in [-0.15, -0.1) is 0 Å². The van der Waals surface area contributed by atoms with Crippen molar-refractivity contribution in [2.75, 3.05) is 6.61 Å². The molecule has 5 heteroatoms. The zero-order chi connectivity index (χ0) is 5.54. The number of rotatable bonds is 4. The lowest BCUT2D eigenvalue weighted by Crippen LogP contribution is -1.79. The molecule has 0 fully saturated rings. The van der Waals surface area contributed by atoms with Crippen molar-refractivity contribution >= 4 is 8.69 Å². The van der Waals surface area contributed by atoms with Gasteiger partial charge in [-0.2, -0.15) is 0 Å². The Labute approximate surface area is 57.4 Å². The second-order valence-corrected chi connectivity index (χ2v) is 1.67. The van der Waals surface area contributed by atoms with Crippen molar-refractivity contribution < 1.29 is 9.09 Å². The molecule has 4 nitrogen and oxygen atoms in total. The Morgan fingerprint density at radius 1 is 1.44 bits per heavy atom. The van der Waals surface area contributed by atoms with Crippen molar-refractivity contribution in [2.45, 2.75) is 19.8 Å². The first-order valence-electron chi connectivity index (χ1n) is 2.36. The molecule has 52 valence electrons. The van der Waals surface area contributed by atoms with Crippen LogP contribution >= 0.6 is 8.69 Å². The van der Waals surface area contributed by atoms with Gasteiger partial charge < -0.3 is 0 Å². The minimum atomic E-state index is -0.195. The van der Waals surface area contributed by atoms with Crippen LogP contribution in [-0.4, -0.2) is 6.61 Å². The minimum Gasteiger partial charge on any atom is -0.294 e. The third-order valence-corrected chi connectivity index (χ3v) is 0.930. The number of unbranched alkanes of at least 4 members (excludes halogenated alkanes) is 1. The highest BCUT2D eigenvalue weighted by molar-refractivity contribution is 7.17. The lowest BCUT2D eigenvalue weighted by molar-refractivity contribution is 0.334. The van der Waals surface area contributed by atoms with E-state index < -0.39 is 0 Å². The summed E-state index contributed by atoms with van der Waals surface area (Å²) in [5.74, 6) is 0. The maximum atomic E-state index is 9.55. The standard InChI is InChI=1S/C4H9O2P.2N/c1-2-3-4-6-7-5;;/h2-4H2,1H3;;. The van der Waals surface area contributed by atoms with E-state index in [1.165, 1.54) is 0 Å². The van der Waals surface area contributed by atoms with Gasteiger partial charge in [-0.05, 0) is 6.42 Å². The Morgan fingerprint density at radius 2 is 2.00 bits per heavy atom. The maximum absolute atomic E-state index is 9.55. The lowest BCUT2D eigenvalue weighted by Gasteiger charge is -1.86. The first kappa shape index (κ1) is 16.0. The quantitative estimate of drug-likeness (QED) is 0.440. The van der Waals surface area contributed by atoms with E-state index in [0.29, 0.717) is 6.61 Å². The summed E-state index contributed by atoms with van der Waals surface area (Å²) in [6, 6.07) is 0. The van der Waals surface area contributed by atoms with E-state index in [4.69, 9.17) is 0 Å². The number of hydrogen-bond acceptors (Lipinski definition) is 2. The van der Waals surface area contributed by atoms with Gasteiger partial charge in [-0.1, -0.05) is 13.3 Å². The average Bonchev–Trinajstić information content (AvgIpc) is 1.69. The van der Waals surface area contributed by atoms with Crippen LogP contribution in [0.25, 0.3) is 0 Å². The van der Waals surface area contributed by atoms with Gasteiger partial charge in [0.25, 0.3) is 0 Å². The summed E-state index contributed by atoms with van der Waals surface area (Å²) in [5.41, 5.74) is 0. The van der Waals surface area contributed by atoms with Crippen LogP contribution in [0.15, 0.2) is 0 Å². The van der Waals surface area contributed by atoms with E-state index >= 15 is 0 Å². The summed E-state index contributed by atoms with van der Waals surface area (Å²) in [6.45, 7) is 2.67. The Morgan fingerprint density at radius 3 is 2.33 bits per heavy atom. The molecule has 0 saturated carbocycles. The molecule has 0 saturated heterocycles. The van der Waals surface area contributed by atoms with Crippen LogP contribution in [0.4, 0.5) is 0 Å². The second-order valence-electron chi connectivity index (χ2n) is 1.26. The van der Waals surface area contributed by atoms with Crippen molar-refractivity contribution in [1.29, 1.82) is 0 Å². The van der Waals surface area contributed by atoms with E-state index in [-0.39, 0.29) is 21.0 Å². The Balaban J connectivity index is -0.000000180. The predicted octanol–water partition coefficient (Wildman–Crippen LogP) is 1.05. The predicted molar refractivity (Wildman–Crippen MR) is 32.7 cm³/mol. The number of hydrogen-bond donors (Lipinski definition) is 0. The molecule has 0 heterocycles. The summed E-state index contributed by atoms with van der Waals surface area (Å²) in [7, 11) is -0.195. The Hall–Kier alpha value is -0.0200. The highest BCUT2D eigenvalue weighted by Gasteiger charge is 1.80. The average molecular weight is 148 g/mol. The van der Waals surface area contributed by atoms with Gasteiger partial charge in [-0.3, -0.25) is 4.52 Å². The number of nitrogens with zero attached hydrogens (tertiary/aromatic N) is 2. The van der Waals surface area contributed by atoms with Crippen LogP contribution < -0.4 is 12.3 Å². The molecule has 0 aliphatic rings. The molecule has 0 aliphatic heterocycles. The molecule has 9 heavy (non-hydrogen) atoms. The summed E-state index contributed by atoms with van der Waals surface area (Å²) in [4.78, 5) is 0. The van der Waals surface area contributed by atoms with Crippen molar-refractivity contribution in [1.82, 2.24) is 12.3 Å². The van der Waals surface area contributed by atoms with Crippen LogP contribution in [0, 0.1) is 0 Å². The fourth-order valence-corrected chi connectivity index (χ4v) is 0.450. The van der Waals surface area contributed by atoms with Gasteiger partial charge in [0.2, 0.25) is 0 Å². The molecule has 0 N–H and O–H groups in total. The molecule has 0 aromatic heterocycles. The Bertz CT molecular complexity index is 53.8. The van der Waals surface area contributed by atoms with E-state index in [2.05, 4.69) is 11.4 Å². The van der Waals surface area contributed by atoms with Gasteiger partial charge in [-0.25, -0.2) is 4.57 Å². The van der Waals surface area contributed by atoms with Gasteiger partial charge in [0.15, 0.2) is 0 Å². The van der Waals surface area contributed by atoms with Crippen LogP contribution in [0.5, 0.6) is 0 Å². The monoisotopic (exact) mass is 148 g/mol. The van der Waals surface area contributed by atoms with Crippen LogP contribution in [0.3, 0.4) is 0 Å². The highest BCUT2D eigenvalue weighted by atomic mass is 31.1. The Kier molecular flexibility index (Phi) is 27.9. The first-order chi connectivity index (χ1) is 3.41. The molecule has 0 spiro atoms. The van der Waals surface area contributed by atoms with E-state index in [1.807, 2.05) is 0 Å². The topological polar surface area (TPSA) is 87.3 Å². The molecule has 0 rings (SSSR count). The molecule has 0 unspecified atom stereocenters. The SMILES string of the molecule is CCCCOP=O.[N].[N]. The summed E-state index contributed by atoms with van der Waals surface area (Å²) < 4.78 is 14.0. The summed E-state index contributed by atoms with van der Waals surface area (Å²) >= 11 is 0. The minimum absolute atomic E-state index is 0. The summed E-state index contributed by atoms with van der Waals surface area (Å²) in [5, 5.41) is 0. The molecule has 0 amide bonds. The second kappa shape index (κ2) is 15.7. The molecule has 0 aromatic carbocycles. The molecular formula is C4H9N2O2P. The maximum Gasteiger partial charge on any atom is 0.327 e. The molecular weight excluding hydrogens is 139 g/mol. The van der Waals surface area contributed by atoms with Crippen molar-refractivity contribution in [3.63, 3.8) is 0 Å². The first-order valence-corrected chi connectivity index (χ1v) is 3.09. The molecule has 0 aromatic rings. The normalized spacial score (nSPS) is 7.67. The lowest BCUT2D eigenvalue weighted by atomic mass is 10.4. The fourth-order valence-electron chi connectivity index (χ4n) is 0.246. The molecule has 0 bridgehead atoms. The largest absolute Gasteiger partial charge is 0.327 e. The summed E-state index contributed by atoms with van der Waals surface area (Å²) in [6.07, 6.45) is 2.09. The van der Waals surface area contributed by atoms with E-state index in [1.54, 1.807) is 0 Å². The van der Waals surface area contributed by atoms with Gasteiger partial charge >= 0.3 is 8.69 Å². The zero-order valence-corrected chi connectivity index (χ0v) is 6.17. The van der Waals surface area contributed by atoms with Gasteiger partial charge in [0.1, 0.15) is 0 Å².